The molecular weight excluding hydrogens is 351 g/mol. The number of benzene rings is 2. The van der Waals surface area contributed by atoms with Crippen molar-refractivity contribution in [1.29, 1.82) is 5.26 Å². The molecular formula is C17H10Cl2N2OS. The monoisotopic (exact) mass is 360 g/mol. The number of thioether (sulfide) groups is 1. The Balaban J connectivity index is 2.08. The Morgan fingerprint density at radius 2 is 1.52 bits per heavy atom. The van der Waals surface area contributed by atoms with Crippen molar-refractivity contribution in [1.82, 2.24) is 4.98 Å². The zero-order valence-electron chi connectivity index (χ0n) is 11.8. The fourth-order valence-electron chi connectivity index (χ4n) is 2.06. The van der Waals surface area contributed by atoms with E-state index in [1.54, 1.807) is 24.3 Å². The quantitative estimate of drug-likeness (QED) is 0.540. The third-order valence-electron chi connectivity index (χ3n) is 3.09. The molecule has 0 bridgehead atoms. The van der Waals surface area contributed by atoms with Crippen LogP contribution in [0.5, 0.6) is 0 Å². The van der Waals surface area contributed by atoms with Gasteiger partial charge in [-0.3, -0.25) is 0 Å². The number of nitrogens with zero attached hydrogens (tertiary/aromatic N) is 2. The number of nitriles is 1. The van der Waals surface area contributed by atoms with E-state index < -0.39 is 0 Å². The molecule has 1 aromatic heterocycles. The van der Waals surface area contributed by atoms with Gasteiger partial charge < -0.3 is 4.42 Å². The van der Waals surface area contributed by atoms with Crippen LogP contribution >= 0.6 is 35.0 Å². The Bertz CT molecular complexity index is 789. The first-order chi connectivity index (χ1) is 11.2. The van der Waals surface area contributed by atoms with E-state index in [0.717, 1.165) is 11.1 Å². The van der Waals surface area contributed by atoms with Crippen LogP contribution in [0.3, 0.4) is 0 Å². The molecule has 0 amide bonds. The molecule has 1 heterocycles. The minimum Gasteiger partial charge on any atom is -0.431 e. The first kappa shape index (κ1) is 15.9. The molecule has 0 aliphatic heterocycles. The number of halogens is 2. The standard InChI is InChI=1S/C17H10Cl2N2OS/c18-13-5-1-11(2-6-13)15-16(12-3-7-14(19)8-4-12)22-17(21-15)23-10-9-20/h1-8H,10H2. The highest BCUT2D eigenvalue weighted by Gasteiger charge is 2.17. The Hall–Kier alpha value is -1.93. The lowest BCUT2D eigenvalue weighted by molar-refractivity contribution is 0.466. The molecule has 3 nitrogen and oxygen atoms in total. The van der Waals surface area contributed by atoms with Crippen LogP contribution < -0.4 is 0 Å². The number of hydrogen-bond acceptors (Lipinski definition) is 4. The maximum absolute atomic E-state index is 8.73. The molecule has 0 fully saturated rings. The van der Waals surface area contributed by atoms with Crippen molar-refractivity contribution in [3.8, 4) is 28.7 Å². The average molecular weight is 361 g/mol. The summed E-state index contributed by atoms with van der Waals surface area (Å²) in [6, 6.07) is 16.8. The Morgan fingerprint density at radius 1 is 0.957 bits per heavy atom. The van der Waals surface area contributed by atoms with Crippen LogP contribution in [0.2, 0.25) is 10.0 Å². The third-order valence-corrected chi connectivity index (χ3v) is 4.29. The number of rotatable bonds is 4. The fourth-order valence-corrected chi connectivity index (χ4v) is 2.79. The summed E-state index contributed by atoms with van der Waals surface area (Å²) in [4.78, 5) is 4.52. The summed E-state index contributed by atoms with van der Waals surface area (Å²) < 4.78 is 5.85. The summed E-state index contributed by atoms with van der Waals surface area (Å²) in [5, 5.41) is 10.5. The molecule has 3 aromatic rings. The normalized spacial score (nSPS) is 10.5. The molecule has 0 N–H and O–H groups in total. The minimum atomic E-state index is 0.278. The summed E-state index contributed by atoms with van der Waals surface area (Å²) in [5.74, 6) is 0.921. The van der Waals surface area contributed by atoms with Crippen molar-refractivity contribution in [2.45, 2.75) is 5.22 Å². The van der Waals surface area contributed by atoms with E-state index in [9.17, 15) is 0 Å². The lowest BCUT2D eigenvalue weighted by Gasteiger charge is -2.02. The van der Waals surface area contributed by atoms with Crippen LogP contribution in [-0.4, -0.2) is 10.7 Å². The maximum atomic E-state index is 8.73. The summed E-state index contributed by atoms with van der Waals surface area (Å²) in [6.45, 7) is 0. The van der Waals surface area contributed by atoms with Gasteiger partial charge in [0.2, 0.25) is 0 Å². The first-order valence-electron chi connectivity index (χ1n) is 6.70. The lowest BCUT2D eigenvalue weighted by Crippen LogP contribution is -1.82. The van der Waals surface area contributed by atoms with E-state index in [4.69, 9.17) is 32.9 Å². The topological polar surface area (TPSA) is 49.8 Å². The second kappa shape index (κ2) is 7.10. The van der Waals surface area contributed by atoms with E-state index in [0.29, 0.717) is 26.7 Å². The summed E-state index contributed by atoms with van der Waals surface area (Å²) in [6.07, 6.45) is 0. The van der Waals surface area contributed by atoms with Gasteiger partial charge >= 0.3 is 0 Å². The third kappa shape index (κ3) is 3.70. The average Bonchev–Trinajstić information content (AvgIpc) is 2.98. The van der Waals surface area contributed by atoms with Crippen molar-refractivity contribution in [3.63, 3.8) is 0 Å². The lowest BCUT2D eigenvalue weighted by atomic mass is 10.1. The van der Waals surface area contributed by atoms with Gasteiger partial charge in [-0.15, -0.1) is 0 Å². The molecule has 0 saturated carbocycles. The largest absolute Gasteiger partial charge is 0.431 e. The van der Waals surface area contributed by atoms with Gasteiger partial charge in [0.05, 0.1) is 11.8 Å². The van der Waals surface area contributed by atoms with Gasteiger partial charge in [0.25, 0.3) is 5.22 Å². The van der Waals surface area contributed by atoms with Crippen molar-refractivity contribution < 1.29 is 4.42 Å². The molecule has 6 heteroatoms. The van der Waals surface area contributed by atoms with Crippen LogP contribution in [0.25, 0.3) is 22.6 Å². The minimum absolute atomic E-state index is 0.278. The van der Waals surface area contributed by atoms with Crippen LogP contribution in [0, 0.1) is 11.3 Å². The van der Waals surface area contributed by atoms with Gasteiger partial charge in [-0.1, -0.05) is 47.1 Å². The van der Waals surface area contributed by atoms with Gasteiger partial charge in [0.1, 0.15) is 5.69 Å². The zero-order chi connectivity index (χ0) is 16.2. The van der Waals surface area contributed by atoms with E-state index in [2.05, 4.69) is 11.1 Å². The summed E-state index contributed by atoms with van der Waals surface area (Å²) >= 11 is 13.2. The summed E-state index contributed by atoms with van der Waals surface area (Å²) in [5.41, 5.74) is 2.48. The number of aromatic nitrogens is 1. The number of hydrogen-bond donors (Lipinski definition) is 0. The number of oxazole rings is 1. The highest BCUT2D eigenvalue weighted by Crippen LogP contribution is 2.36. The second-order valence-corrected chi connectivity index (χ2v) is 6.42. The van der Waals surface area contributed by atoms with Crippen molar-refractivity contribution in [2.75, 3.05) is 5.75 Å². The van der Waals surface area contributed by atoms with Gasteiger partial charge in [-0.05, 0) is 36.4 Å². The SMILES string of the molecule is N#CCSc1nc(-c2ccc(Cl)cc2)c(-c2ccc(Cl)cc2)o1. The molecule has 2 aromatic carbocycles. The van der Waals surface area contributed by atoms with Crippen molar-refractivity contribution in [2.24, 2.45) is 0 Å². The molecule has 0 unspecified atom stereocenters. The van der Waals surface area contributed by atoms with Crippen LogP contribution in [-0.2, 0) is 0 Å². The first-order valence-corrected chi connectivity index (χ1v) is 8.44. The van der Waals surface area contributed by atoms with Crippen molar-refractivity contribution in [3.05, 3.63) is 58.6 Å². The predicted molar refractivity (Wildman–Crippen MR) is 93.7 cm³/mol. The van der Waals surface area contributed by atoms with E-state index in [1.165, 1.54) is 11.8 Å². The molecule has 3 rings (SSSR count). The van der Waals surface area contributed by atoms with E-state index >= 15 is 0 Å². The van der Waals surface area contributed by atoms with Gasteiger partial charge in [-0.2, -0.15) is 5.26 Å². The molecule has 0 radical (unpaired) electrons. The molecule has 23 heavy (non-hydrogen) atoms. The maximum Gasteiger partial charge on any atom is 0.257 e. The van der Waals surface area contributed by atoms with Gasteiger partial charge in [0, 0.05) is 21.2 Å². The molecule has 0 saturated heterocycles. The highest BCUT2D eigenvalue weighted by molar-refractivity contribution is 7.99. The highest BCUT2D eigenvalue weighted by atomic mass is 35.5. The Morgan fingerprint density at radius 3 is 2.09 bits per heavy atom. The molecule has 0 atom stereocenters. The van der Waals surface area contributed by atoms with Gasteiger partial charge in [-0.25, -0.2) is 4.98 Å². The smallest absolute Gasteiger partial charge is 0.257 e. The van der Waals surface area contributed by atoms with Crippen LogP contribution in [0.1, 0.15) is 0 Å². The molecule has 0 aliphatic carbocycles. The second-order valence-electron chi connectivity index (χ2n) is 4.62. The van der Waals surface area contributed by atoms with E-state index in [1.807, 2.05) is 24.3 Å². The van der Waals surface area contributed by atoms with Crippen LogP contribution in [0.15, 0.2) is 58.2 Å². The fraction of sp³-hybridized carbons (Fsp3) is 0.0588. The molecule has 114 valence electrons. The zero-order valence-corrected chi connectivity index (χ0v) is 14.1. The van der Waals surface area contributed by atoms with Gasteiger partial charge in [0.15, 0.2) is 5.76 Å². The summed E-state index contributed by atoms with van der Waals surface area (Å²) in [7, 11) is 0. The molecule has 0 aliphatic rings. The predicted octanol–water partition coefficient (Wildman–Crippen LogP) is 5.93. The Labute approximate surface area is 147 Å². The van der Waals surface area contributed by atoms with Crippen molar-refractivity contribution >= 4 is 35.0 Å². The Kier molecular flexibility index (Phi) is 4.92. The van der Waals surface area contributed by atoms with E-state index in [-0.39, 0.29) is 5.75 Å². The van der Waals surface area contributed by atoms with Crippen LogP contribution in [0.4, 0.5) is 0 Å². The molecule has 0 spiro atoms.